The molecule has 2 saturated heterocycles. The van der Waals surface area contributed by atoms with Crippen LogP contribution in [0.3, 0.4) is 0 Å². The molecule has 0 aromatic heterocycles. The molecule has 21 nitrogen and oxygen atoms in total. The summed E-state index contributed by atoms with van der Waals surface area (Å²) < 4.78 is 16.7. The lowest BCUT2D eigenvalue weighted by Gasteiger charge is -2.39. The number of aliphatic hydroxyl groups excluding tert-OH is 1. The smallest absolute Gasteiger partial charge is 0.325 e. The first-order valence-corrected chi connectivity index (χ1v) is 15.8. The predicted octanol–water partition coefficient (Wildman–Crippen LogP) is -4.11. The Morgan fingerprint density at radius 3 is 1.96 bits per heavy atom. The minimum atomic E-state index is -1.55. The number of hydrogen-bond acceptors (Lipinski definition) is 13. The van der Waals surface area contributed by atoms with Crippen LogP contribution in [-0.4, -0.2) is 141 Å². The maximum Gasteiger partial charge on any atom is 0.325 e. The SMILES string of the molecule is CC(=O)N[C@H]1[C@@H]2OC[C@@H](O2)[C@@H](O)[C@@H]1OC(C)C(=O)N[C@@H](C)C(=O)N[C@@H](CCC(=O)O)C(=O)N[C@@H](CCC[C@@H](N)C(=O)O)C(=O)N[C@H](C)C(=O)O. The van der Waals surface area contributed by atoms with Crippen LogP contribution in [0, 0.1) is 0 Å². The summed E-state index contributed by atoms with van der Waals surface area (Å²) in [7, 11) is 0. The van der Waals surface area contributed by atoms with Crippen molar-refractivity contribution in [1.82, 2.24) is 26.6 Å². The molecule has 2 aliphatic heterocycles. The molecule has 50 heavy (non-hydrogen) atoms. The van der Waals surface area contributed by atoms with E-state index < -0.39 is 127 Å². The Morgan fingerprint density at radius 1 is 0.800 bits per heavy atom. The Bertz CT molecular complexity index is 1280. The van der Waals surface area contributed by atoms with Crippen molar-refractivity contribution >= 4 is 47.4 Å². The largest absolute Gasteiger partial charge is 0.481 e. The van der Waals surface area contributed by atoms with Gasteiger partial charge in [0.2, 0.25) is 29.5 Å². The number of aliphatic carboxylic acids is 3. The summed E-state index contributed by atoms with van der Waals surface area (Å²) in [5, 5.41) is 49.9. The zero-order valence-corrected chi connectivity index (χ0v) is 28.0. The molecule has 5 amide bonds. The minimum Gasteiger partial charge on any atom is -0.481 e. The zero-order chi connectivity index (χ0) is 37.9. The maximum atomic E-state index is 13.3. The maximum absolute atomic E-state index is 13.3. The fourth-order valence-corrected chi connectivity index (χ4v) is 5.05. The standard InChI is InChI=1S/C29H46N6O15/c1-11(31-24(41)13(3)49-22-20(33-14(4)36)29-48-10-18(50-29)21(22)39)23(40)34-17(8-9-19(37)38)26(43)35-16(7-5-6-15(30)28(46)47)25(42)32-12(2)27(44)45/h11-13,15-18,20-22,29,39H,5-10,30H2,1-4H3,(H,31,41)(H,32,42)(H,33,36)(H,34,40)(H,35,43)(H,37,38)(H,44,45)(H,46,47)/t11-,12+,13?,15+,16-,17-,18+,20+,21+,22+,29+/m0/s1. The average Bonchev–Trinajstić information content (AvgIpc) is 3.48. The van der Waals surface area contributed by atoms with Gasteiger partial charge in [0.1, 0.15) is 60.7 Å². The first-order valence-electron chi connectivity index (χ1n) is 15.8. The number of amides is 5. The molecule has 0 spiro atoms. The number of fused-ring (bicyclic) bond motifs is 2. The van der Waals surface area contributed by atoms with Crippen molar-refractivity contribution in [2.24, 2.45) is 5.73 Å². The van der Waals surface area contributed by atoms with Crippen molar-refractivity contribution < 1.29 is 73.0 Å². The van der Waals surface area contributed by atoms with Gasteiger partial charge in [-0.05, 0) is 46.5 Å². The molecule has 2 fully saturated rings. The van der Waals surface area contributed by atoms with E-state index in [1.54, 1.807) is 0 Å². The van der Waals surface area contributed by atoms with Crippen LogP contribution in [0.25, 0.3) is 0 Å². The second-order valence-corrected chi connectivity index (χ2v) is 12.1. The van der Waals surface area contributed by atoms with Crippen LogP contribution in [-0.2, 0) is 52.6 Å². The van der Waals surface area contributed by atoms with Crippen LogP contribution in [0.15, 0.2) is 0 Å². The van der Waals surface area contributed by atoms with E-state index in [4.69, 9.17) is 30.2 Å². The van der Waals surface area contributed by atoms with Gasteiger partial charge in [-0.3, -0.25) is 38.4 Å². The van der Waals surface area contributed by atoms with E-state index in [1.807, 2.05) is 0 Å². The molecule has 1 unspecified atom stereocenters. The number of nitrogens with one attached hydrogen (secondary N) is 5. The molecule has 0 aromatic carbocycles. The summed E-state index contributed by atoms with van der Waals surface area (Å²) in [6, 6.07) is -7.90. The van der Waals surface area contributed by atoms with E-state index in [0.717, 1.165) is 0 Å². The number of carboxylic acids is 3. The van der Waals surface area contributed by atoms with Crippen molar-refractivity contribution in [3.05, 3.63) is 0 Å². The van der Waals surface area contributed by atoms with Gasteiger partial charge in [-0.1, -0.05) is 0 Å². The monoisotopic (exact) mass is 718 g/mol. The second-order valence-electron chi connectivity index (χ2n) is 12.1. The lowest BCUT2D eigenvalue weighted by atomic mass is 9.98. The third-order valence-corrected chi connectivity index (χ3v) is 7.92. The number of carbonyl (C=O) groups is 8. The normalized spacial score (nSPS) is 24.6. The van der Waals surface area contributed by atoms with Gasteiger partial charge >= 0.3 is 17.9 Å². The molecule has 0 aliphatic carbocycles. The molecular weight excluding hydrogens is 672 g/mol. The molecule has 2 heterocycles. The van der Waals surface area contributed by atoms with Crippen molar-refractivity contribution in [1.29, 1.82) is 0 Å². The number of carbonyl (C=O) groups excluding carboxylic acids is 5. The number of carboxylic acid groups (broad SMARTS) is 3. The average molecular weight is 719 g/mol. The van der Waals surface area contributed by atoms with Gasteiger partial charge < -0.3 is 67.0 Å². The van der Waals surface area contributed by atoms with Gasteiger partial charge in [-0.2, -0.15) is 0 Å². The Kier molecular flexibility index (Phi) is 15.9. The number of rotatable bonds is 20. The Balaban J connectivity index is 2.11. The summed E-state index contributed by atoms with van der Waals surface area (Å²) in [5.74, 6) is -8.18. The molecule has 2 rings (SSSR count). The van der Waals surface area contributed by atoms with Crippen LogP contribution in [0.2, 0.25) is 0 Å². The third kappa shape index (κ3) is 12.5. The molecule has 2 aliphatic rings. The minimum absolute atomic E-state index is 0.00751. The van der Waals surface area contributed by atoms with Crippen molar-refractivity contribution in [3.8, 4) is 0 Å². The van der Waals surface area contributed by atoms with E-state index >= 15 is 0 Å². The Hall–Kier alpha value is -4.44. The molecular formula is C29H46N6O15. The van der Waals surface area contributed by atoms with Crippen molar-refractivity contribution in [3.63, 3.8) is 0 Å². The van der Waals surface area contributed by atoms with Crippen molar-refractivity contribution in [2.75, 3.05) is 6.61 Å². The third-order valence-electron chi connectivity index (χ3n) is 7.92. The van der Waals surface area contributed by atoms with Crippen molar-refractivity contribution in [2.45, 2.75) is 127 Å². The molecule has 0 radical (unpaired) electrons. The first-order chi connectivity index (χ1) is 23.3. The van der Waals surface area contributed by atoms with Gasteiger partial charge in [0.05, 0.1) is 6.61 Å². The Morgan fingerprint density at radius 2 is 1.38 bits per heavy atom. The van der Waals surface area contributed by atoms with Crippen LogP contribution in [0.4, 0.5) is 0 Å². The van der Waals surface area contributed by atoms with E-state index in [-0.39, 0.29) is 25.9 Å². The fourth-order valence-electron chi connectivity index (χ4n) is 5.05. The number of nitrogens with two attached hydrogens (primary N) is 1. The molecule has 11 atom stereocenters. The summed E-state index contributed by atoms with van der Waals surface area (Å²) in [6.07, 6.45) is -6.71. The van der Waals surface area contributed by atoms with E-state index in [2.05, 4.69) is 26.6 Å². The molecule has 21 heteroatoms. The first kappa shape index (κ1) is 41.7. The lowest BCUT2D eigenvalue weighted by Crippen LogP contribution is -2.62. The van der Waals surface area contributed by atoms with Gasteiger partial charge in [0, 0.05) is 13.3 Å². The highest BCUT2D eigenvalue weighted by Gasteiger charge is 2.52. The lowest BCUT2D eigenvalue weighted by molar-refractivity contribution is -0.209. The Labute approximate surface area is 286 Å². The molecule has 0 aromatic rings. The molecule has 0 saturated carbocycles. The summed E-state index contributed by atoms with van der Waals surface area (Å²) >= 11 is 0. The van der Waals surface area contributed by atoms with Gasteiger partial charge in [0.25, 0.3) is 0 Å². The molecule has 282 valence electrons. The van der Waals surface area contributed by atoms with E-state index in [1.165, 1.54) is 27.7 Å². The summed E-state index contributed by atoms with van der Waals surface area (Å²) in [5.41, 5.74) is 5.50. The van der Waals surface area contributed by atoms with Gasteiger partial charge in [-0.15, -0.1) is 0 Å². The van der Waals surface area contributed by atoms with E-state index in [0.29, 0.717) is 0 Å². The van der Waals surface area contributed by atoms with E-state index in [9.17, 15) is 48.6 Å². The van der Waals surface area contributed by atoms with Crippen LogP contribution >= 0.6 is 0 Å². The van der Waals surface area contributed by atoms with Gasteiger partial charge in [0.15, 0.2) is 6.29 Å². The summed E-state index contributed by atoms with van der Waals surface area (Å²) in [6.45, 7) is 5.03. The molecule has 2 bridgehead atoms. The number of ether oxygens (including phenoxy) is 3. The summed E-state index contributed by atoms with van der Waals surface area (Å²) in [4.78, 5) is 97.6. The van der Waals surface area contributed by atoms with Crippen LogP contribution in [0.1, 0.15) is 59.8 Å². The topological polar surface area (TPSA) is 331 Å². The highest BCUT2D eigenvalue weighted by atomic mass is 16.7. The predicted molar refractivity (Wildman–Crippen MR) is 166 cm³/mol. The fraction of sp³-hybridized carbons (Fsp3) is 0.724. The second kappa shape index (κ2) is 19.1. The number of aliphatic hydroxyl groups is 1. The zero-order valence-electron chi connectivity index (χ0n) is 28.0. The highest BCUT2D eigenvalue weighted by molar-refractivity contribution is 5.95. The van der Waals surface area contributed by atoms with Gasteiger partial charge in [-0.25, -0.2) is 0 Å². The van der Waals surface area contributed by atoms with Crippen LogP contribution < -0.4 is 32.3 Å². The number of hydrogen-bond donors (Lipinski definition) is 10. The molecule has 11 N–H and O–H groups in total. The van der Waals surface area contributed by atoms with Crippen LogP contribution in [0.5, 0.6) is 0 Å². The highest BCUT2D eigenvalue weighted by Crippen LogP contribution is 2.30. The quantitative estimate of drug-likeness (QED) is 0.0572.